The second-order valence-corrected chi connectivity index (χ2v) is 2.03. The van der Waals surface area contributed by atoms with Gasteiger partial charge in [0.2, 0.25) is 0 Å². The Hall–Kier alpha value is -1.42. The van der Waals surface area contributed by atoms with Crippen molar-refractivity contribution in [2.75, 3.05) is 11.9 Å². The third-order valence-electron chi connectivity index (χ3n) is 1.19. The second kappa shape index (κ2) is 3.68. The minimum atomic E-state index is -0.0869. The molecule has 1 heterocycles. The Morgan fingerprint density at radius 2 is 2.18 bits per heavy atom. The number of carbonyl (C=O) groups excluding carboxylic acids is 1. The molecule has 1 amide bonds. The Bertz CT molecular complexity index is 235. The number of carbonyl (C=O) groups is 1. The molecule has 4 N–H and O–H groups in total. The van der Waals surface area contributed by atoms with Gasteiger partial charge in [-0.3, -0.25) is 9.78 Å². The van der Waals surface area contributed by atoms with Gasteiger partial charge in [0.05, 0.1) is 0 Å². The maximum absolute atomic E-state index is 10.8. The van der Waals surface area contributed by atoms with Crippen molar-refractivity contribution in [3.05, 3.63) is 24.5 Å². The van der Waals surface area contributed by atoms with Gasteiger partial charge in [0.1, 0.15) is 0 Å². The van der Waals surface area contributed by atoms with Crippen LogP contribution in [0.3, 0.4) is 0 Å². The number of nitrogens with one attached hydrogen (secondary N) is 1. The quantitative estimate of drug-likeness (QED) is 0.586. The molecule has 0 aliphatic heterocycles. The Kier molecular flexibility index (Phi) is 2.57. The van der Waals surface area contributed by atoms with Crippen molar-refractivity contribution in [3.8, 4) is 0 Å². The monoisotopic (exact) mass is 152 g/mol. The van der Waals surface area contributed by atoms with Crippen LogP contribution in [0.15, 0.2) is 24.5 Å². The van der Waals surface area contributed by atoms with Gasteiger partial charge in [0.15, 0.2) is 6.54 Å². The zero-order valence-electron chi connectivity index (χ0n) is 6.08. The molecule has 0 aromatic carbocycles. The Balaban J connectivity index is 2.58. The van der Waals surface area contributed by atoms with Crippen LogP contribution in [0.1, 0.15) is 0 Å². The number of amides is 1. The van der Waals surface area contributed by atoms with E-state index in [2.05, 4.69) is 16.0 Å². The van der Waals surface area contributed by atoms with E-state index in [1.807, 2.05) is 0 Å². The normalized spacial score (nSPS) is 9.18. The average molecular weight is 152 g/mol. The van der Waals surface area contributed by atoms with Crippen molar-refractivity contribution < 1.29 is 10.5 Å². The Morgan fingerprint density at radius 3 is 2.73 bits per heavy atom. The van der Waals surface area contributed by atoms with E-state index >= 15 is 0 Å². The van der Waals surface area contributed by atoms with Gasteiger partial charge in [-0.1, -0.05) is 0 Å². The lowest BCUT2D eigenvalue weighted by Crippen LogP contribution is -2.55. The van der Waals surface area contributed by atoms with E-state index in [1.165, 1.54) is 0 Å². The number of hydrogen-bond acceptors (Lipinski definition) is 2. The summed E-state index contributed by atoms with van der Waals surface area (Å²) in [5.41, 5.74) is 4.21. The molecule has 0 saturated heterocycles. The predicted octanol–water partition coefficient (Wildman–Crippen LogP) is -0.738. The molecule has 1 aromatic heterocycles. The van der Waals surface area contributed by atoms with Crippen molar-refractivity contribution in [2.24, 2.45) is 0 Å². The molecule has 0 aliphatic carbocycles. The van der Waals surface area contributed by atoms with E-state index in [9.17, 15) is 4.79 Å². The van der Waals surface area contributed by atoms with Crippen molar-refractivity contribution in [2.45, 2.75) is 0 Å². The van der Waals surface area contributed by atoms with Crippen LogP contribution in [-0.2, 0) is 4.79 Å². The summed E-state index contributed by atoms with van der Waals surface area (Å²) in [6.45, 7) is 0.252. The molecule has 0 unspecified atom stereocenters. The number of nitrogens with zero attached hydrogens (tertiary/aromatic N) is 1. The van der Waals surface area contributed by atoms with Gasteiger partial charge in [-0.2, -0.15) is 0 Å². The number of quaternary nitrogens is 1. The number of hydrogen-bond donors (Lipinski definition) is 2. The molecule has 0 bridgehead atoms. The highest BCUT2D eigenvalue weighted by molar-refractivity contribution is 5.91. The predicted molar refractivity (Wildman–Crippen MR) is 40.6 cm³/mol. The molecule has 0 aliphatic rings. The number of pyridine rings is 1. The molecule has 0 saturated carbocycles. The summed E-state index contributed by atoms with van der Waals surface area (Å²) in [6.07, 6.45) is 3.25. The first-order chi connectivity index (χ1) is 5.33. The first-order valence-corrected chi connectivity index (χ1v) is 3.32. The number of anilines is 1. The summed E-state index contributed by atoms with van der Waals surface area (Å²) < 4.78 is 0. The van der Waals surface area contributed by atoms with Crippen LogP contribution in [0.25, 0.3) is 0 Å². The Morgan fingerprint density at radius 1 is 1.55 bits per heavy atom. The van der Waals surface area contributed by atoms with Gasteiger partial charge < -0.3 is 11.1 Å². The van der Waals surface area contributed by atoms with Gasteiger partial charge in [-0.05, 0) is 12.1 Å². The molecular weight excluding hydrogens is 142 g/mol. The summed E-state index contributed by atoms with van der Waals surface area (Å²) >= 11 is 0. The van der Waals surface area contributed by atoms with E-state index in [1.54, 1.807) is 24.5 Å². The van der Waals surface area contributed by atoms with Crippen LogP contribution in [0, 0.1) is 0 Å². The van der Waals surface area contributed by atoms with Crippen molar-refractivity contribution in [1.82, 2.24) is 4.98 Å². The zero-order valence-corrected chi connectivity index (χ0v) is 6.08. The highest BCUT2D eigenvalue weighted by atomic mass is 16.1. The summed E-state index contributed by atoms with van der Waals surface area (Å²) in [6, 6.07) is 3.46. The maximum Gasteiger partial charge on any atom is 0.279 e. The molecule has 0 spiro atoms. The topological polar surface area (TPSA) is 69.6 Å². The molecule has 58 valence electrons. The molecule has 1 rings (SSSR count). The van der Waals surface area contributed by atoms with Gasteiger partial charge in [0, 0.05) is 18.1 Å². The maximum atomic E-state index is 10.8. The number of aromatic nitrogens is 1. The van der Waals surface area contributed by atoms with E-state index in [-0.39, 0.29) is 12.5 Å². The molecular formula is C7H10N3O+. The summed E-state index contributed by atoms with van der Waals surface area (Å²) in [7, 11) is 0. The molecule has 0 atom stereocenters. The smallest absolute Gasteiger partial charge is 0.279 e. The van der Waals surface area contributed by atoms with Gasteiger partial charge >= 0.3 is 0 Å². The van der Waals surface area contributed by atoms with E-state index in [0.29, 0.717) is 0 Å². The van der Waals surface area contributed by atoms with Crippen molar-refractivity contribution >= 4 is 11.6 Å². The van der Waals surface area contributed by atoms with Gasteiger partial charge in [0.25, 0.3) is 5.91 Å². The summed E-state index contributed by atoms with van der Waals surface area (Å²) in [5.74, 6) is -0.0869. The van der Waals surface area contributed by atoms with Crippen molar-refractivity contribution in [1.29, 1.82) is 0 Å². The Labute approximate surface area is 64.4 Å². The standard InChI is InChI=1S/C7H9N3O/c8-5-7(11)10-6-1-3-9-4-2-6/h1-4H,5,8H2,(H,9,10,11)/p+1. The van der Waals surface area contributed by atoms with E-state index < -0.39 is 0 Å². The fourth-order valence-electron chi connectivity index (χ4n) is 0.659. The van der Waals surface area contributed by atoms with E-state index in [0.717, 1.165) is 5.69 Å². The second-order valence-electron chi connectivity index (χ2n) is 2.03. The first-order valence-electron chi connectivity index (χ1n) is 3.32. The third kappa shape index (κ3) is 2.35. The molecule has 0 fully saturated rings. The number of rotatable bonds is 2. The lowest BCUT2D eigenvalue weighted by Gasteiger charge is -1.99. The van der Waals surface area contributed by atoms with Crippen LogP contribution in [0.2, 0.25) is 0 Å². The molecule has 1 aromatic rings. The highest BCUT2D eigenvalue weighted by Crippen LogP contribution is 2.01. The fourth-order valence-corrected chi connectivity index (χ4v) is 0.659. The minimum Gasteiger partial charge on any atom is -0.350 e. The lowest BCUT2D eigenvalue weighted by atomic mass is 10.4. The van der Waals surface area contributed by atoms with Crippen molar-refractivity contribution in [3.63, 3.8) is 0 Å². The van der Waals surface area contributed by atoms with Crippen LogP contribution in [-0.4, -0.2) is 17.4 Å². The third-order valence-corrected chi connectivity index (χ3v) is 1.19. The van der Waals surface area contributed by atoms with Crippen LogP contribution >= 0.6 is 0 Å². The van der Waals surface area contributed by atoms with Crippen LogP contribution in [0.4, 0.5) is 5.69 Å². The molecule has 4 heteroatoms. The largest absolute Gasteiger partial charge is 0.350 e. The van der Waals surface area contributed by atoms with Gasteiger partial charge in [-0.25, -0.2) is 0 Å². The molecule has 4 nitrogen and oxygen atoms in total. The van der Waals surface area contributed by atoms with Crippen LogP contribution < -0.4 is 11.1 Å². The first kappa shape index (κ1) is 7.68. The van der Waals surface area contributed by atoms with E-state index in [4.69, 9.17) is 0 Å². The fraction of sp³-hybridized carbons (Fsp3) is 0.143. The minimum absolute atomic E-state index is 0.0869. The lowest BCUT2D eigenvalue weighted by molar-refractivity contribution is -0.353. The van der Waals surface area contributed by atoms with Crippen LogP contribution in [0.5, 0.6) is 0 Å². The highest BCUT2D eigenvalue weighted by Gasteiger charge is 1.98. The molecule has 11 heavy (non-hydrogen) atoms. The van der Waals surface area contributed by atoms with Gasteiger partial charge in [-0.15, -0.1) is 0 Å². The summed E-state index contributed by atoms with van der Waals surface area (Å²) in [5, 5.41) is 2.65. The SMILES string of the molecule is [NH3+]CC(=O)Nc1ccncc1. The average Bonchev–Trinajstić information content (AvgIpc) is 2.06. The zero-order chi connectivity index (χ0) is 8.10. The summed E-state index contributed by atoms with van der Waals surface area (Å²) in [4.78, 5) is 14.6. The molecule has 0 radical (unpaired) electrons.